The zero-order chi connectivity index (χ0) is 25.2. The summed E-state index contributed by atoms with van der Waals surface area (Å²) in [5, 5.41) is 9.58. The Morgan fingerprint density at radius 1 is 1.06 bits per heavy atom. The molecular weight excluding hydrogens is 470 g/mol. The molecule has 0 aliphatic heterocycles. The van der Waals surface area contributed by atoms with Gasteiger partial charge in [-0.05, 0) is 43.5 Å². The average Bonchev–Trinajstić information content (AvgIpc) is 3.46. The van der Waals surface area contributed by atoms with Crippen molar-refractivity contribution >= 4 is 22.2 Å². The molecule has 1 N–H and O–H groups in total. The maximum atomic E-state index is 13.7. The van der Waals surface area contributed by atoms with E-state index in [1.165, 1.54) is 16.9 Å². The molecule has 0 spiro atoms. The number of fused-ring (bicyclic) bond motifs is 1. The highest BCUT2D eigenvalue weighted by Gasteiger charge is 2.20. The van der Waals surface area contributed by atoms with Crippen LogP contribution in [0.4, 0.5) is 0 Å². The van der Waals surface area contributed by atoms with Crippen molar-refractivity contribution in [3.8, 4) is 16.9 Å². The van der Waals surface area contributed by atoms with E-state index < -0.39 is 0 Å². The Bertz CT molecular complexity index is 1610. The van der Waals surface area contributed by atoms with E-state index in [-0.39, 0.29) is 17.9 Å². The summed E-state index contributed by atoms with van der Waals surface area (Å²) in [7, 11) is 0. The molecule has 2 aromatic carbocycles. The number of hydrogen-bond acceptors (Lipinski definition) is 5. The predicted molar refractivity (Wildman–Crippen MR) is 143 cm³/mol. The molecular formula is C28H27N5O2S. The fourth-order valence-electron chi connectivity index (χ4n) is 4.40. The first-order valence-electron chi connectivity index (χ1n) is 11.9. The van der Waals surface area contributed by atoms with Crippen molar-refractivity contribution in [2.45, 2.75) is 40.2 Å². The lowest BCUT2D eigenvalue weighted by atomic mass is 10.1. The molecule has 5 rings (SSSR count). The van der Waals surface area contributed by atoms with Gasteiger partial charge in [0.1, 0.15) is 5.69 Å². The maximum Gasteiger partial charge on any atom is 0.268 e. The zero-order valence-electron chi connectivity index (χ0n) is 20.5. The van der Waals surface area contributed by atoms with Gasteiger partial charge < -0.3 is 5.32 Å². The molecule has 0 fully saturated rings. The molecule has 0 atom stereocenters. The summed E-state index contributed by atoms with van der Waals surface area (Å²) in [6, 6.07) is 19.8. The Morgan fingerprint density at radius 2 is 1.81 bits per heavy atom. The fourth-order valence-corrected chi connectivity index (χ4v) is 5.33. The molecule has 0 saturated carbocycles. The lowest BCUT2D eigenvalue weighted by Gasteiger charge is -2.09. The summed E-state index contributed by atoms with van der Waals surface area (Å²) in [4.78, 5) is 31.6. The maximum absolute atomic E-state index is 13.7. The van der Waals surface area contributed by atoms with Crippen LogP contribution in [0.1, 0.15) is 35.1 Å². The number of aryl methyl sites for hydroxylation is 3. The Balaban J connectivity index is 1.49. The number of rotatable bonds is 7. The van der Waals surface area contributed by atoms with Gasteiger partial charge in [0.25, 0.3) is 5.56 Å². The SMILES string of the molecule is CCc1ccccc1-n1nc(-c2c(C)nc3scc(CC(=O)NCc4ccccc4)n3c2=O)cc1C. The third kappa shape index (κ3) is 4.47. The second-order valence-corrected chi connectivity index (χ2v) is 9.56. The average molecular weight is 498 g/mol. The summed E-state index contributed by atoms with van der Waals surface area (Å²) >= 11 is 1.36. The first-order chi connectivity index (χ1) is 17.5. The number of amides is 1. The van der Waals surface area contributed by atoms with Gasteiger partial charge in [-0.3, -0.25) is 14.0 Å². The van der Waals surface area contributed by atoms with Gasteiger partial charge in [0.05, 0.1) is 23.4 Å². The van der Waals surface area contributed by atoms with Crippen LogP contribution in [0.5, 0.6) is 0 Å². The van der Waals surface area contributed by atoms with E-state index in [4.69, 9.17) is 5.10 Å². The summed E-state index contributed by atoms with van der Waals surface area (Å²) in [5.74, 6) is -0.149. The van der Waals surface area contributed by atoms with Crippen molar-refractivity contribution in [3.05, 3.63) is 105 Å². The normalized spacial score (nSPS) is 11.2. The van der Waals surface area contributed by atoms with Crippen molar-refractivity contribution in [2.24, 2.45) is 0 Å². The number of thiazole rings is 1. The number of carbonyl (C=O) groups excluding carboxylic acids is 1. The summed E-state index contributed by atoms with van der Waals surface area (Å²) in [5.41, 5.74) is 6.19. The minimum atomic E-state index is -0.210. The van der Waals surface area contributed by atoms with Gasteiger partial charge >= 0.3 is 0 Å². The quantitative estimate of drug-likeness (QED) is 0.355. The molecule has 0 radical (unpaired) electrons. The predicted octanol–water partition coefficient (Wildman–Crippen LogP) is 4.65. The van der Waals surface area contributed by atoms with Gasteiger partial charge in [-0.2, -0.15) is 5.10 Å². The monoisotopic (exact) mass is 497 g/mol. The van der Waals surface area contributed by atoms with Crippen LogP contribution >= 0.6 is 11.3 Å². The third-order valence-corrected chi connectivity index (χ3v) is 7.11. The van der Waals surface area contributed by atoms with E-state index in [2.05, 4.69) is 23.3 Å². The van der Waals surface area contributed by atoms with Gasteiger partial charge in [0.15, 0.2) is 4.96 Å². The largest absolute Gasteiger partial charge is 0.352 e. The molecule has 8 heteroatoms. The van der Waals surface area contributed by atoms with E-state index in [9.17, 15) is 9.59 Å². The van der Waals surface area contributed by atoms with Crippen molar-refractivity contribution in [1.82, 2.24) is 24.5 Å². The molecule has 7 nitrogen and oxygen atoms in total. The molecule has 5 aromatic rings. The standard InChI is InChI=1S/C28H27N5O2S/c1-4-21-12-8-9-13-24(21)33-18(2)14-23(31-33)26-19(3)30-28-32(27(26)35)22(17-36-28)15-25(34)29-16-20-10-6-5-7-11-20/h5-14,17H,4,15-16H2,1-3H3,(H,29,34). The molecule has 36 heavy (non-hydrogen) atoms. The Labute approximate surface area is 213 Å². The highest BCUT2D eigenvalue weighted by molar-refractivity contribution is 7.15. The highest BCUT2D eigenvalue weighted by atomic mass is 32.1. The topological polar surface area (TPSA) is 81.3 Å². The number of carbonyl (C=O) groups is 1. The summed E-state index contributed by atoms with van der Waals surface area (Å²) < 4.78 is 3.43. The van der Waals surface area contributed by atoms with Crippen molar-refractivity contribution in [2.75, 3.05) is 0 Å². The highest BCUT2D eigenvalue weighted by Crippen LogP contribution is 2.25. The number of para-hydroxylation sites is 1. The Morgan fingerprint density at radius 3 is 2.58 bits per heavy atom. The molecule has 3 heterocycles. The smallest absolute Gasteiger partial charge is 0.268 e. The number of nitrogens with one attached hydrogen (secondary N) is 1. The number of aromatic nitrogens is 4. The van der Waals surface area contributed by atoms with E-state index in [0.29, 0.717) is 34.2 Å². The first kappa shape index (κ1) is 23.7. The van der Waals surface area contributed by atoms with Crippen LogP contribution in [0.3, 0.4) is 0 Å². The van der Waals surface area contributed by atoms with Crippen LogP contribution in [-0.2, 0) is 24.2 Å². The minimum Gasteiger partial charge on any atom is -0.352 e. The first-order valence-corrected chi connectivity index (χ1v) is 12.8. The van der Waals surface area contributed by atoms with Gasteiger partial charge in [-0.15, -0.1) is 11.3 Å². The summed E-state index contributed by atoms with van der Waals surface area (Å²) in [6.45, 7) is 6.36. The van der Waals surface area contributed by atoms with Gasteiger partial charge in [-0.1, -0.05) is 55.5 Å². The minimum absolute atomic E-state index is 0.0915. The second-order valence-electron chi connectivity index (χ2n) is 8.73. The molecule has 3 aromatic heterocycles. The Hall–Kier alpha value is -4.04. The van der Waals surface area contributed by atoms with Crippen LogP contribution < -0.4 is 10.9 Å². The molecule has 0 aliphatic carbocycles. The van der Waals surface area contributed by atoms with Crippen molar-refractivity contribution in [3.63, 3.8) is 0 Å². The fraction of sp³-hybridized carbons (Fsp3) is 0.214. The lowest BCUT2D eigenvalue weighted by molar-refractivity contribution is -0.120. The lowest BCUT2D eigenvalue weighted by Crippen LogP contribution is -2.27. The third-order valence-electron chi connectivity index (χ3n) is 6.24. The van der Waals surface area contributed by atoms with E-state index in [0.717, 1.165) is 23.4 Å². The number of hydrogen-bond donors (Lipinski definition) is 1. The molecule has 0 saturated heterocycles. The van der Waals surface area contributed by atoms with Crippen LogP contribution in [0, 0.1) is 13.8 Å². The van der Waals surface area contributed by atoms with E-state index in [1.807, 2.05) is 78.5 Å². The number of nitrogens with zero attached hydrogens (tertiary/aromatic N) is 4. The summed E-state index contributed by atoms with van der Waals surface area (Å²) in [6.07, 6.45) is 0.971. The second kappa shape index (κ2) is 9.91. The van der Waals surface area contributed by atoms with Crippen LogP contribution in [0.2, 0.25) is 0 Å². The van der Waals surface area contributed by atoms with E-state index in [1.54, 1.807) is 4.40 Å². The zero-order valence-corrected chi connectivity index (χ0v) is 21.3. The molecule has 0 bridgehead atoms. The van der Waals surface area contributed by atoms with Gasteiger partial charge in [0.2, 0.25) is 5.91 Å². The van der Waals surface area contributed by atoms with Crippen LogP contribution in [0.15, 0.2) is 70.8 Å². The van der Waals surface area contributed by atoms with Crippen molar-refractivity contribution < 1.29 is 4.79 Å². The van der Waals surface area contributed by atoms with Crippen molar-refractivity contribution in [1.29, 1.82) is 0 Å². The van der Waals surface area contributed by atoms with Crippen LogP contribution in [-0.4, -0.2) is 25.1 Å². The van der Waals surface area contributed by atoms with Crippen LogP contribution in [0.25, 0.3) is 21.9 Å². The Kier molecular flexibility index (Phi) is 6.52. The molecule has 0 unspecified atom stereocenters. The van der Waals surface area contributed by atoms with E-state index >= 15 is 0 Å². The molecule has 1 amide bonds. The van der Waals surface area contributed by atoms with Gasteiger partial charge in [-0.25, -0.2) is 9.67 Å². The van der Waals surface area contributed by atoms with Gasteiger partial charge in [0, 0.05) is 23.3 Å². The molecule has 0 aliphatic rings. The molecule has 182 valence electrons. The number of benzene rings is 2.